The van der Waals surface area contributed by atoms with Crippen LogP contribution in [-0.4, -0.2) is 43.2 Å². The molecule has 26 heavy (non-hydrogen) atoms. The van der Waals surface area contributed by atoms with Crippen LogP contribution in [-0.2, 0) is 21.2 Å². The number of benzene rings is 1. The Hall–Kier alpha value is -2.09. The number of sulfonamides is 1. The van der Waals surface area contributed by atoms with E-state index in [2.05, 4.69) is 5.32 Å². The highest BCUT2D eigenvalue weighted by atomic mass is 32.2. The summed E-state index contributed by atoms with van der Waals surface area (Å²) in [6.45, 7) is 1.82. The lowest BCUT2D eigenvalue weighted by Crippen LogP contribution is -2.55. The number of nitrogens with zero attached hydrogens (tertiary/aromatic N) is 1. The third-order valence-corrected chi connectivity index (χ3v) is 6.59. The van der Waals surface area contributed by atoms with Crippen LogP contribution in [0.25, 0.3) is 0 Å². The van der Waals surface area contributed by atoms with Gasteiger partial charge in [0.2, 0.25) is 10.0 Å². The number of carboxylic acids is 1. The van der Waals surface area contributed by atoms with E-state index < -0.39 is 27.4 Å². The molecule has 3 rings (SSSR count). The second-order valence-electron chi connectivity index (χ2n) is 7.36. The predicted molar refractivity (Wildman–Crippen MR) is 97.8 cm³/mol. The van der Waals surface area contributed by atoms with Gasteiger partial charge < -0.3 is 10.4 Å². The van der Waals surface area contributed by atoms with Gasteiger partial charge in [0.25, 0.3) is 5.91 Å². The number of carbonyl (C=O) groups is 2. The molecule has 0 saturated heterocycles. The van der Waals surface area contributed by atoms with Crippen LogP contribution in [0, 0.1) is 0 Å². The number of carboxylic acid groups (broad SMARTS) is 1. The Bertz CT molecular complexity index is 843. The number of carbonyl (C=O) groups excluding carboxylic acids is 1. The molecule has 1 aromatic rings. The van der Waals surface area contributed by atoms with E-state index in [1.165, 1.54) is 10.6 Å². The van der Waals surface area contributed by atoms with Crippen molar-refractivity contribution < 1.29 is 23.1 Å². The second kappa shape index (κ2) is 6.57. The van der Waals surface area contributed by atoms with E-state index in [1.807, 2.05) is 6.92 Å². The van der Waals surface area contributed by atoms with Crippen LogP contribution >= 0.6 is 0 Å². The van der Waals surface area contributed by atoms with Gasteiger partial charge in [0.05, 0.1) is 11.9 Å². The van der Waals surface area contributed by atoms with Gasteiger partial charge in [0, 0.05) is 11.6 Å². The summed E-state index contributed by atoms with van der Waals surface area (Å²) in [5, 5.41) is 12.3. The molecule has 1 atom stereocenters. The largest absolute Gasteiger partial charge is 0.480 e. The molecule has 1 aromatic carbocycles. The molecular weight excluding hydrogens is 356 g/mol. The fourth-order valence-corrected chi connectivity index (χ4v) is 5.35. The average molecular weight is 380 g/mol. The van der Waals surface area contributed by atoms with Crippen LogP contribution < -0.4 is 9.62 Å². The summed E-state index contributed by atoms with van der Waals surface area (Å²) in [5.74, 6) is -1.42. The summed E-state index contributed by atoms with van der Waals surface area (Å²) in [6.07, 6.45) is 5.07. The number of anilines is 1. The maximum Gasteiger partial charge on any atom is 0.329 e. The Morgan fingerprint density at radius 2 is 1.88 bits per heavy atom. The summed E-state index contributed by atoms with van der Waals surface area (Å²) in [6, 6.07) is 4.65. The lowest BCUT2D eigenvalue weighted by molar-refractivity contribution is -0.145. The number of rotatable bonds is 4. The van der Waals surface area contributed by atoms with Crippen molar-refractivity contribution in [2.45, 2.75) is 57.0 Å². The Morgan fingerprint density at radius 3 is 2.46 bits per heavy atom. The molecule has 7 nitrogen and oxygen atoms in total. The molecule has 1 aliphatic heterocycles. The maximum absolute atomic E-state index is 12.7. The number of nitrogens with one attached hydrogen (secondary N) is 1. The van der Waals surface area contributed by atoms with Crippen LogP contribution in [0.3, 0.4) is 0 Å². The van der Waals surface area contributed by atoms with Crippen LogP contribution in [0.2, 0.25) is 0 Å². The molecule has 1 amide bonds. The minimum absolute atomic E-state index is 0.206. The van der Waals surface area contributed by atoms with E-state index in [-0.39, 0.29) is 6.04 Å². The van der Waals surface area contributed by atoms with Crippen LogP contribution in [0.1, 0.15) is 54.9 Å². The third kappa shape index (κ3) is 3.30. The van der Waals surface area contributed by atoms with Crippen LogP contribution in [0.4, 0.5) is 5.69 Å². The Balaban J connectivity index is 1.86. The average Bonchev–Trinajstić information content (AvgIpc) is 2.90. The molecule has 142 valence electrons. The monoisotopic (exact) mass is 380 g/mol. The highest BCUT2D eigenvalue weighted by Gasteiger charge is 2.41. The fourth-order valence-electron chi connectivity index (χ4n) is 4.09. The number of hydrogen-bond acceptors (Lipinski definition) is 4. The molecule has 1 saturated carbocycles. The minimum atomic E-state index is -3.39. The summed E-state index contributed by atoms with van der Waals surface area (Å²) < 4.78 is 25.3. The molecule has 0 aromatic heterocycles. The van der Waals surface area contributed by atoms with Crippen LogP contribution in [0.15, 0.2) is 18.2 Å². The molecular formula is C18H24N2O5S. The van der Waals surface area contributed by atoms with Gasteiger partial charge in [0.15, 0.2) is 0 Å². The Labute approximate surface area is 153 Å². The molecule has 0 spiro atoms. The van der Waals surface area contributed by atoms with Gasteiger partial charge in [0.1, 0.15) is 5.54 Å². The number of hydrogen-bond donors (Lipinski definition) is 2. The van der Waals surface area contributed by atoms with Crippen molar-refractivity contribution in [3.8, 4) is 0 Å². The summed E-state index contributed by atoms with van der Waals surface area (Å²) in [4.78, 5) is 24.4. The van der Waals surface area contributed by atoms with E-state index in [0.717, 1.165) is 24.8 Å². The van der Waals surface area contributed by atoms with Gasteiger partial charge in [-0.2, -0.15) is 0 Å². The Kier molecular flexibility index (Phi) is 4.72. The molecule has 0 bridgehead atoms. The van der Waals surface area contributed by atoms with Crippen molar-refractivity contribution in [3.05, 3.63) is 29.3 Å². The molecule has 1 heterocycles. The quantitative estimate of drug-likeness (QED) is 0.830. The molecule has 0 unspecified atom stereocenters. The lowest BCUT2D eigenvalue weighted by atomic mass is 9.81. The number of aliphatic carboxylic acids is 1. The van der Waals surface area contributed by atoms with Gasteiger partial charge in [-0.25, -0.2) is 13.2 Å². The maximum atomic E-state index is 12.7. The van der Waals surface area contributed by atoms with Gasteiger partial charge in [-0.15, -0.1) is 0 Å². The summed E-state index contributed by atoms with van der Waals surface area (Å²) in [7, 11) is -3.39. The van der Waals surface area contributed by atoms with E-state index in [0.29, 0.717) is 30.5 Å². The van der Waals surface area contributed by atoms with Crippen molar-refractivity contribution >= 4 is 27.6 Å². The number of amides is 1. The molecule has 2 N–H and O–H groups in total. The Morgan fingerprint density at radius 1 is 1.23 bits per heavy atom. The van der Waals surface area contributed by atoms with E-state index in [4.69, 9.17) is 0 Å². The standard InChI is InChI=1S/C18H24N2O5S/c1-12-10-14-11-13(6-7-15(14)20(12)26(2,24)25)16(21)19-18(17(22)23)8-4-3-5-9-18/h6-7,11-12H,3-5,8-10H2,1-2H3,(H,19,21)(H,22,23)/t12-/m1/s1. The second-order valence-corrected chi connectivity index (χ2v) is 9.22. The first-order valence-corrected chi connectivity index (χ1v) is 10.7. The smallest absolute Gasteiger partial charge is 0.329 e. The minimum Gasteiger partial charge on any atom is -0.480 e. The zero-order chi connectivity index (χ0) is 19.1. The first-order valence-electron chi connectivity index (χ1n) is 8.82. The molecule has 1 aliphatic carbocycles. The van der Waals surface area contributed by atoms with Gasteiger partial charge in [-0.1, -0.05) is 19.3 Å². The van der Waals surface area contributed by atoms with Crippen molar-refractivity contribution in [3.63, 3.8) is 0 Å². The van der Waals surface area contributed by atoms with Crippen molar-refractivity contribution in [2.75, 3.05) is 10.6 Å². The fraction of sp³-hybridized carbons (Fsp3) is 0.556. The van der Waals surface area contributed by atoms with E-state index in [1.54, 1.807) is 18.2 Å². The molecule has 8 heteroatoms. The van der Waals surface area contributed by atoms with Crippen molar-refractivity contribution in [1.29, 1.82) is 0 Å². The molecule has 1 fully saturated rings. The summed E-state index contributed by atoms with van der Waals surface area (Å²) in [5.41, 5.74) is 0.517. The lowest BCUT2D eigenvalue weighted by Gasteiger charge is -2.34. The normalized spacial score (nSPS) is 21.9. The van der Waals surface area contributed by atoms with E-state index >= 15 is 0 Å². The highest BCUT2D eigenvalue weighted by molar-refractivity contribution is 7.92. The topological polar surface area (TPSA) is 104 Å². The van der Waals surface area contributed by atoms with Gasteiger partial charge in [-0.3, -0.25) is 9.10 Å². The van der Waals surface area contributed by atoms with E-state index in [9.17, 15) is 23.1 Å². The van der Waals surface area contributed by atoms with Crippen molar-refractivity contribution in [2.24, 2.45) is 0 Å². The third-order valence-electron chi connectivity index (χ3n) is 5.32. The van der Waals surface area contributed by atoms with Crippen molar-refractivity contribution in [1.82, 2.24) is 5.32 Å². The molecule has 0 radical (unpaired) electrons. The van der Waals surface area contributed by atoms with Gasteiger partial charge >= 0.3 is 5.97 Å². The van der Waals surface area contributed by atoms with Crippen LogP contribution in [0.5, 0.6) is 0 Å². The molecule has 2 aliphatic rings. The zero-order valence-electron chi connectivity index (χ0n) is 15.0. The predicted octanol–water partition coefficient (Wildman–Crippen LogP) is 1.91. The SMILES string of the molecule is C[C@@H]1Cc2cc(C(=O)NC3(C(=O)O)CCCCC3)ccc2N1S(C)(=O)=O. The summed E-state index contributed by atoms with van der Waals surface area (Å²) >= 11 is 0. The number of fused-ring (bicyclic) bond motifs is 1. The highest BCUT2D eigenvalue weighted by Crippen LogP contribution is 2.35. The zero-order valence-corrected chi connectivity index (χ0v) is 15.8. The first-order chi connectivity index (χ1) is 12.1. The first kappa shape index (κ1) is 18.7. The van der Waals surface area contributed by atoms with Gasteiger partial charge in [-0.05, 0) is 49.9 Å².